The summed E-state index contributed by atoms with van der Waals surface area (Å²) in [4.78, 5) is 0. The molecule has 0 aliphatic rings. The maximum atomic E-state index is 5.68. The minimum absolute atomic E-state index is 0.206. The Kier molecular flexibility index (Phi) is 5.29. The van der Waals surface area contributed by atoms with E-state index in [9.17, 15) is 0 Å². The van der Waals surface area contributed by atoms with E-state index in [-0.39, 0.29) is 5.41 Å². The van der Waals surface area contributed by atoms with Gasteiger partial charge in [-0.15, -0.1) is 0 Å². The van der Waals surface area contributed by atoms with Crippen molar-refractivity contribution in [3.05, 3.63) is 24.3 Å². The molecule has 17 heavy (non-hydrogen) atoms. The molecule has 0 saturated heterocycles. The second kappa shape index (κ2) is 6.50. The normalized spacial score (nSPS) is 11.3. The van der Waals surface area contributed by atoms with E-state index in [0.717, 1.165) is 30.9 Å². The fraction of sp³-hybridized carbons (Fsp3) is 0.571. The maximum Gasteiger partial charge on any atom is 0.122 e. The third-order valence-corrected chi connectivity index (χ3v) is 2.86. The number of benzene rings is 1. The van der Waals surface area contributed by atoms with Crippen molar-refractivity contribution in [3.8, 4) is 11.5 Å². The smallest absolute Gasteiger partial charge is 0.122 e. The van der Waals surface area contributed by atoms with Gasteiger partial charge in [-0.05, 0) is 36.9 Å². The Morgan fingerprint density at radius 2 is 1.94 bits per heavy atom. The predicted octanol–water partition coefficient (Wildman–Crippen LogP) is 2.84. The zero-order valence-corrected chi connectivity index (χ0v) is 11.0. The van der Waals surface area contributed by atoms with Crippen molar-refractivity contribution in [1.29, 1.82) is 0 Å². The summed E-state index contributed by atoms with van der Waals surface area (Å²) in [6.07, 6.45) is 2.09. The molecule has 0 spiro atoms. The molecule has 0 unspecified atom stereocenters. The van der Waals surface area contributed by atoms with Crippen LogP contribution in [0.3, 0.4) is 0 Å². The maximum absolute atomic E-state index is 5.68. The number of ether oxygens (including phenoxy) is 2. The van der Waals surface area contributed by atoms with Crippen LogP contribution in [0.1, 0.15) is 26.7 Å². The van der Waals surface area contributed by atoms with Crippen molar-refractivity contribution in [1.82, 2.24) is 0 Å². The topological polar surface area (TPSA) is 44.5 Å². The van der Waals surface area contributed by atoms with Crippen molar-refractivity contribution in [3.63, 3.8) is 0 Å². The molecule has 0 atom stereocenters. The van der Waals surface area contributed by atoms with Gasteiger partial charge in [0.15, 0.2) is 0 Å². The van der Waals surface area contributed by atoms with Crippen LogP contribution in [0.4, 0.5) is 0 Å². The lowest BCUT2D eigenvalue weighted by molar-refractivity contribution is 0.260. The number of nitrogens with two attached hydrogens (primary N) is 1. The largest absolute Gasteiger partial charge is 0.497 e. The first-order valence-corrected chi connectivity index (χ1v) is 6.04. The summed E-state index contributed by atoms with van der Waals surface area (Å²) in [5.41, 5.74) is 5.89. The second-order valence-corrected chi connectivity index (χ2v) is 5.00. The van der Waals surface area contributed by atoms with Gasteiger partial charge in [-0.25, -0.2) is 0 Å². The van der Waals surface area contributed by atoms with Gasteiger partial charge in [0.05, 0.1) is 13.7 Å². The summed E-state index contributed by atoms with van der Waals surface area (Å²) in [7, 11) is 1.66. The quantitative estimate of drug-likeness (QED) is 0.742. The van der Waals surface area contributed by atoms with Crippen molar-refractivity contribution < 1.29 is 9.47 Å². The van der Waals surface area contributed by atoms with E-state index in [2.05, 4.69) is 13.8 Å². The van der Waals surface area contributed by atoms with Crippen molar-refractivity contribution in [2.75, 3.05) is 20.3 Å². The molecule has 0 amide bonds. The molecule has 1 rings (SSSR count). The molecule has 3 nitrogen and oxygen atoms in total. The lowest BCUT2D eigenvalue weighted by Gasteiger charge is -2.21. The van der Waals surface area contributed by atoms with E-state index in [1.807, 2.05) is 24.3 Å². The van der Waals surface area contributed by atoms with Crippen LogP contribution < -0.4 is 15.2 Å². The third kappa shape index (κ3) is 5.09. The molecule has 0 saturated carbocycles. The molecular weight excluding hydrogens is 214 g/mol. The Labute approximate surface area is 104 Å². The van der Waals surface area contributed by atoms with Crippen molar-refractivity contribution >= 4 is 0 Å². The van der Waals surface area contributed by atoms with Gasteiger partial charge in [0.2, 0.25) is 0 Å². The zero-order valence-electron chi connectivity index (χ0n) is 11.0. The van der Waals surface area contributed by atoms with Crippen molar-refractivity contribution in [2.24, 2.45) is 11.1 Å². The fourth-order valence-corrected chi connectivity index (χ4v) is 1.53. The molecule has 0 aromatic heterocycles. The summed E-state index contributed by atoms with van der Waals surface area (Å²) in [6.45, 7) is 5.79. The number of methoxy groups -OCH3 is 1. The van der Waals surface area contributed by atoms with Gasteiger partial charge in [0, 0.05) is 6.07 Å². The monoisotopic (exact) mass is 237 g/mol. The first-order chi connectivity index (χ1) is 8.07. The SMILES string of the molecule is COc1cccc(OCCCC(C)(C)CN)c1. The number of hydrogen-bond acceptors (Lipinski definition) is 3. The lowest BCUT2D eigenvalue weighted by Crippen LogP contribution is -2.23. The van der Waals surface area contributed by atoms with Crippen LogP contribution in [0.5, 0.6) is 11.5 Å². The van der Waals surface area contributed by atoms with E-state index < -0.39 is 0 Å². The molecule has 0 aliphatic heterocycles. The molecule has 96 valence electrons. The standard InChI is InChI=1S/C14H23NO2/c1-14(2,11-15)8-5-9-17-13-7-4-6-12(10-13)16-3/h4,6-7,10H,5,8-9,11,15H2,1-3H3. The highest BCUT2D eigenvalue weighted by Crippen LogP contribution is 2.22. The average Bonchev–Trinajstić information content (AvgIpc) is 2.35. The molecule has 1 aromatic rings. The minimum Gasteiger partial charge on any atom is -0.497 e. The van der Waals surface area contributed by atoms with Gasteiger partial charge in [-0.1, -0.05) is 19.9 Å². The Bertz CT molecular complexity index is 337. The summed E-state index contributed by atoms with van der Waals surface area (Å²) in [6, 6.07) is 7.67. The summed E-state index contributed by atoms with van der Waals surface area (Å²) in [5.74, 6) is 1.68. The third-order valence-electron chi connectivity index (χ3n) is 2.86. The fourth-order valence-electron chi connectivity index (χ4n) is 1.53. The van der Waals surface area contributed by atoms with Gasteiger partial charge in [-0.2, -0.15) is 0 Å². The van der Waals surface area contributed by atoms with Crippen LogP contribution in [-0.4, -0.2) is 20.3 Å². The first-order valence-electron chi connectivity index (χ1n) is 6.04. The van der Waals surface area contributed by atoms with E-state index in [0.29, 0.717) is 6.54 Å². The van der Waals surface area contributed by atoms with Crippen LogP contribution in [-0.2, 0) is 0 Å². The van der Waals surface area contributed by atoms with E-state index in [1.54, 1.807) is 7.11 Å². The highest BCUT2D eigenvalue weighted by molar-refractivity contribution is 5.32. The average molecular weight is 237 g/mol. The van der Waals surface area contributed by atoms with Crippen LogP contribution in [0.25, 0.3) is 0 Å². The van der Waals surface area contributed by atoms with Crippen molar-refractivity contribution in [2.45, 2.75) is 26.7 Å². The van der Waals surface area contributed by atoms with Gasteiger partial charge in [0.1, 0.15) is 11.5 Å². The van der Waals surface area contributed by atoms with E-state index in [4.69, 9.17) is 15.2 Å². The minimum atomic E-state index is 0.206. The Balaban J connectivity index is 2.31. The second-order valence-electron chi connectivity index (χ2n) is 5.00. The van der Waals surface area contributed by atoms with Gasteiger partial charge < -0.3 is 15.2 Å². The Morgan fingerprint density at radius 1 is 1.24 bits per heavy atom. The lowest BCUT2D eigenvalue weighted by atomic mass is 9.88. The molecule has 0 bridgehead atoms. The molecule has 0 aliphatic carbocycles. The van der Waals surface area contributed by atoms with Crippen LogP contribution in [0.15, 0.2) is 24.3 Å². The molecule has 3 heteroatoms. The van der Waals surface area contributed by atoms with E-state index >= 15 is 0 Å². The molecule has 0 radical (unpaired) electrons. The zero-order chi connectivity index (χ0) is 12.7. The predicted molar refractivity (Wildman–Crippen MR) is 70.6 cm³/mol. The molecule has 0 heterocycles. The highest BCUT2D eigenvalue weighted by atomic mass is 16.5. The molecule has 1 aromatic carbocycles. The Morgan fingerprint density at radius 3 is 2.59 bits per heavy atom. The number of hydrogen-bond donors (Lipinski definition) is 1. The number of rotatable bonds is 7. The van der Waals surface area contributed by atoms with Gasteiger partial charge in [-0.3, -0.25) is 0 Å². The van der Waals surface area contributed by atoms with E-state index in [1.165, 1.54) is 0 Å². The van der Waals surface area contributed by atoms with Crippen LogP contribution in [0.2, 0.25) is 0 Å². The molecular formula is C14H23NO2. The highest BCUT2D eigenvalue weighted by Gasteiger charge is 2.14. The van der Waals surface area contributed by atoms with Crippen LogP contribution in [0, 0.1) is 5.41 Å². The Hall–Kier alpha value is -1.22. The van der Waals surface area contributed by atoms with Crippen LogP contribution >= 0.6 is 0 Å². The molecule has 0 fully saturated rings. The first kappa shape index (κ1) is 13.8. The van der Waals surface area contributed by atoms with Gasteiger partial charge >= 0.3 is 0 Å². The molecule has 2 N–H and O–H groups in total. The summed E-state index contributed by atoms with van der Waals surface area (Å²) >= 11 is 0. The summed E-state index contributed by atoms with van der Waals surface area (Å²) in [5, 5.41) is 0. The summed E-state index contributed by atoms with van der Waals surface area (Å²) < 4.78 is 10.8. The van der Waals surface area contributed by atoms with Gasteiger partial charge in [0.25, 0.3) is 0 Å².